The lowest BCUT2D eigenvalue weighted by Gasteiger charge is -2.08. The molecule has 0 saturated heterocycles. The molecule has 0 aromatic heterocycles. The maximum absolute atomic E-state index is 11.5. The van der Waals surface area contributed by atoms with E-state index in [-0.39, 0.29) is 6.03 Å². The van der Waals surface area contributed by atoms with Gasteiger partial charge in [-0.1, -0.05) is 15.9 Å². The van der Waals surface area contributed by atoms with Gasteiger partial charge in [-0.05, 0) is 31.0 Å². The second kappa shape index (κ2) is 4.54. The highest BCUT2D eigenvalue weighted by Gasteiger charge is 2.23. The minimum absolute atomic E-state index is 0.253. The first-order valence-electron chi connectivity index (χ1n) is 4.96. The molecule has 0 aliphatic heterocycles. The Labute approximate surface area is 102 Å². The summed E-state index contributed by atoms with van der Waals surface area (Å²) in [7, 11) is 0. The lowest BCUT2D eigenvalue weighted by atomic mass is 10.2. The number of nitrogens with zero attached hydrogens (tertiary/aromatic N) is 1. The van der Waals surface area contributed by atoms with Gasteiger partial charge in [0.2, 0.25) is 0 Å². The first-order chi connectivity index (χ1) is 7.69. The molecule has 1 aliphatic carbocycles. The molecule has 2 rings (SSSR count). The number of hydrogen-bond donors (Lipinski definition) is 2. The highest BCUT2D eigenvalue weighted by molar-refractivity contribution is 9.10. The zero-order valence-electron chi connectivity index (χ0n) is 8.46. The van der Waals surface area contributed by atoms with Crippen molar-refractivity contribution in [3.63, 3.8) is 0 Å². The van der Waals surface area contributed by atoms with Gasteiger partial charge in [0.25, 0.3) is 0 Å². The number of benzene rings is 1. The Bertz CT molecular complexity index is 463. The molecular formula is C11H10BrN3O. The van der Waals surface area contributed by atoms with Crippen LogP contribution in [0.2, 0.25) is 0 Å². The average molecular weight is 280 g/mol. The van der Waals surface area contributed by atoms with Crippen molar-refractivity contribution in [3.05, 3.63) is 28.2 Å². The molecule has 1 fully saturated rings. The number of halogens is 1. The summed E-state index contributed by atoms with van der Waals surface area (Å²) in [4.78, 5) is 11.5. The standard InChI is InChI=1S/C11H10BrN3O/c12-8-2-1-7(6-13)10(5-8)15-11(16)14-9-3-4-9/h1-2,5,9H,3-4H2,(H2,14,15,16). The normalized spacial score (nSPS) is 14.0. The van der Waals surface area contributed by atoms with Crippen molar-refractivity contribution in [3.8, 4) is 6.07 Å². The number of nitriles is 1. The van der Waals surface area contributed by atoms with Crippen molar-refractivity contribution in [2.45, 2.75) is 18.9 Å². The van der Waals surface area contributed by atoms with Crippen LogP contribution in [0.4, 0.5) is 10.5 Å². The smallest absolute Gasteiger partial charge is 0.319 e. The number of carbonyl (C=O) groups is 1. The SMILES string of the molecule is N#Cc1ccc(Br)cc1NC(=O)NC1CC1. The third-order valence-corrected chi connectivity index (χ3v) is 2.76. The fourth-order valence-corrected chi connectivity index (χ4v) is 1.65. The Morgan fingerprint density at radius 3 is 2.88 bits per heavy atom. The molecule has 0 radical (unpaired) electrons. The summed E-state index contributed by atoms with van der Waals surface area (Å²) >= 11 is 3.30. The molecule has 5 heteroatoms. The Kier molecular flexibility index (Phi) is 3.11. The Morgan fingerprint density at radius 2 is 2.25 bits per heavy atom. The van der Waals surface area contributed by atoms with Crippen molar-refractivity contribution in [1.29, 1.82) is 5.26 Å². The van der Waals surface area contributed by atoms with Crippen molar-refractivity contribution >= 4 is 27.6 Å². The van der Waals surface area contributed by atoms with Gasteiger partial charge in [-0.15, -0.1) is 0 Å². The van der Waals surface area contributed by atoms with Crippen LogP contribution in [0.5, 0.6) is 0 Å². The maximum Gasteiger partial charge on any atom is 0.319 e. The van der Waals surface area contributed by atoms with Crippen LogP contribution in [0.3, 0.4) is 0 Å². The fraction of sp³-hybridized carbons (Fsp3) is 0.273. The summed E-state index contributed by atoms with van der Waals surface area (Å²) in [5, 5.41) is 14.3. The van der Waals surface area contributed by atoms with E-state index in [9.17, 15) is 4.79 Å². The Hall–Kier alpha value is -1.54. The van der Waals surface area contributed by atoms with Crippen molar-refractivity contribution in [2.24, 2.45) is 0 Å². The van der Waals surface area contributed by atoms with Crippen LogP contribution in [-0.2, 0) is 0 Å². The minimum Gasteiger partial charge on any atom is -0.335 e. The van der Waals surface area contributed by atoms with E-state index < -0.39 is 0 Å². The zero-order chi connectivity index (χ0) is 11.5. The quantitative estimate of drug-likeness (QED) is 0.874. The number of anilines is 1. The third-order valence-electron chi connectivity index (χ3n) is 2.26. The highest BCUT2D eigenvalue weighted by atomic mass is 79.9. The van der Waals surface area contributed by atoms with Crippen LogP contribution in [0.25, 0.3) is 0 Å². The van der Waals surface area contributed by atoms with Gasteiger partial charge in [-0.3, -0.25) is 0 Å². The molecule has 1 aliphatic rings. The van der Waals surface area contributed by atoms with Gasteiger partial charge >= 0.3 is 6.03 Å². The van der Waals surface area contributed by atoms with E-state index in [4.69, 9.17) is 5.26 Å². The van der Waals surface area contributed by atoms with Crippen molar-refractivity contribution < 1.29 is 4.79 Å². The molecule has 4 nitrogen and oxygen atoms in total. The molecule has 2 amide bonds. The third kappa shape index (κ3) is 2.74. The molecule has 1 aromatic carbocycles. The van der Waals surface area contributed by atoms with Gasteiger partial charge in [-0.2, -0.15) is 5.26 Å². The fourth-order valence-electron chi connectivity index (χ4n) is 1.29. The van der Waals surface area contributed by atoms with E-state index in [1.807, 2.05) is 6.07 Å². The summed E-state index contributed by atoms with van der Waals surface area (Å²) in [6, 6.07) is 7.23. The summed E-state index contributed by atoms with van der Waals surface area (Å²) in [5.41, 5.74) is 0.976. The molecule has 82 valence electrons. The van der Waals surface area contributed by atoms with Crippen molar-refractivity contribution in [2.75, 3.05) is 5.32 Å². The Balaban J connectivity index is 2.09. The lowest BCUT2D eigenvalue weighted by Crippen LogP contribution is -2.30. The number of hydrogen-bond acceptors (Lipinski definition) is 2. The first kappa shape index (κ1) is 11.0. The van der Waals surface area contributed by atoms with Crippen LogP contribution in [-0.4, -0.2) is 12.1 Å². The summed E-state index contributed by atoms with van der Waals surface area (Å²) in [6.07, 6.45) is 2.08. The van der Waals surface area contributed by atoms with Crippen LogP contribution < -0.4 is 10.6 Å². The molecule has 0 heterocycles. The maximum atomic E-state index is 11.5. The van der Waals surface area contributed by atoms with E-state index in [2.05, 4.69) is 26.6 Å². The van der Waals surface area contributed by atoms with Crippen LogP contribution in [0, 0.1) is 11.3 Å². The number of rotatable bonds is 2. The number of amides is 2. The first-order valence-corrected chi connectivity index (χ1v) is 5.75. The van der Waals surface area contributed by atoms with Gasteiger partial charge in [0.1, 0.15) is 6.07 Å². The topological polar surface area (TPSA) is 64.9 Å². The largest absolute Gasteiger partial charge is 0.335 e. The minimum atomic E-state index is -0.253. The van der Waals surface area contributed by atoms with Gasteiger partial charge in [-0.25, -0.2) is 4.79 Å². The second-order valence-electron chi connectivity index (χ2n) is 3.67. The van der Waals surface area contributed by atoms with E-state index in [1.165, 1.54) is 0 Å². The Morgan fingerprint density at radius 1 is 1.50 bits per heavy atom. The molecule has 1 saturated carbocycles. The summed E-state index contributed by atoms with van der Waals surface area (Å²) < 4.78 is 0.827. The van der Waals surface area contributed by atoms with Gasteiger partial charge in [0.05, 0.1) is 11.3 Å². The van der Waals surface area contributed by atoms with E-state index in [0.717, 1.165) is 17.3 Å². The van der Waals surface area contributed by atoms with E-state index in [1.54, 1.807) is 18.2 Å². The molecular weight excluding hydrogens is 270 g/mol. The number of urea groups is 1. The van der Waals surface area contributed by atoms with Gasteiger partial charge in [0.15, 0.2) is 0 Å². The zero-order valence-corrected chi connectivity index (χ0v) is 10.0. The molecule has 2 N–H and O–H groups in total. The van der Waals surface area contributed by atoms with Crippen LogP contribution in [0.15, 0.2) is 22.7 Å². The predicted octanol–water partition coefficient (Wildman–Crippen LogP) is 2.60. The van der Waals surface area contributed by atoms with Gasteiger partial charge < -0.3 is 10.6 Å². The number of nitrogens with one attached hydrogen (secondary N) is 2. The van der Waals surface area contributed by atoms with E-state index >= 15 is 0 Å². The predicted molar refractivity (Wildman–Crippen MR) is 64.0 cm³/mol. The molecule has 0 unspecified atom stereocenters. The average Bonchev–Trinajstić information content (AvgIpc) is 3.02. The number of carbonyl (C=O) groups excluding carboxylic acids is 1. The van der Waals surface area contributed by atoms with Crippen molar-refractivity contribution in [1.82, 2.24) is 5.32 Å². The molecule has 16 heavy (non-hydrogen) atoms. The van der Waals surface area contributed by atoms with E-state index in [0.29, 0.717) is 17.3 Å². The summed E-state index contributed by atoms with van der Waals surface area (Å²) in [6.45, 7) is 0. The molecule has 0 spiro atoms. The summed E-state index contributed by atoms with van der Waals surface area (Å²) in [5.74, 6) is 0. The van der Waals surface area contributed by atoms with Crippen LogP contribution >= 0.6 is 15.9 Å². The second-order valence-corrected chi connectivity index (χ2v) is 4.59. The molecule has 0 bridgehead atoms. The highest BCUT2D eigenvalue weighted by Crippen LogP contribution is 2.22. The molecule has 1 aromatic rings. The lowest BCUT2D eigenvalue weighted by molar-refractivity contribution is 0.251. The molecule has 0 atom stereocenters. The van der Waals surface area contributed by atoms with Gasteiger partial charge in [0, 0.05) is 10.5 Å². The monoisotopic (exact) mass is 279 g/mol. The van der Waals surface area contributed by atoms with Crippen LogP contribution in [0.1, 0.15) is 18.4 Å².